The second kappa shape index (κ2) is 14.3. The summed E-state index contributed by atoms with van der Waals surface area (Å²) in [5.74, 6) is -13.4. The Labute approximate surface area is 169 Å². The molecule has 0 radical (unpaired) electrons. The summed E-state index contributed by atoms with van der Waals surface area (Å²) in [5.41, 5.74) is 0. The maximum Gasteiger partial charge on any atom is 0.311 e. The molecule has 0 saturated carbocycles. The first-order chi connectivity index (χ1) is 13.9. The van der Waals surface area contributed by atoms with Crippen molar-refractivity contribution in [2.24, 2.45) is 0 Å². The van der Waals surface area contributed by atoms with Gasteiger partial charge in [-0.15, -0.1) is 0 Å². The van der Waals surface area contributed by atoms with Crippen molar-refractivity contribution in [3.8, 4) is 5.75 Å². The molecule has 0 heterocycles. The van der Waals surface area contributed by atoms with E-state index in [0.29, 0.717) is 6.42 Å². The van der Waals surface area contributed by atoms with Gasteiger partial charge in [-0.3, -0.25) is 4.79 Å². The summed E-state index contributed by atoms with van der Waals surface area (Å²) in [4.78, 5) is 11.6. The van der Waals surface area contributed by atoms with E-state index >= 15 is 0 Å². The lowest BCUT2D eigenvalue weighted by Gasteiger charge is -2.08. The Balaban J connectivity index is 2.13. The van der Waals surface area contributed by atoms with Crippen LogP contribution in [-0.2, 0) is 4.79 Å². The van der Waals surface area contributed by atoms with Crippen molar-refractivity contribution in [2.45, 2.75) is 96.8 Å². The number of benzene rings is 1. The number of hydrogen-bond acceptors (Lipinski definition) is 2. The van der Waals surface area contributed by atoms with Crippen LogP contribution in [-0.4, -0.2) is 5.97 Å². The summed E-state index contributed by atoms with van der Waals surface area (Å²) < 4.78 is 70.4. The Hall–Kier alpha value is -1.66. The number of carbonyl (C=O) groups excluding carboxylic acids is 1. The van der Waals surface area contributed by atoms with E-state index in [1.54, 1.807) is 0 Å². The van der Waals surface area contributed by atoms with Gasteiger partial charge in [0.05, 0.1) is 0 Å². The highest BCUT2D eigenvalue weighted by molar-refractivity contribution is 5.72. The van der Waals surface area contributed by atoms with Crippen molar-refractivity contribution in [1.82, 2.24) is 0 Å². The van der Waals surface area contributed by atoms with Crippen LogP contribution in [0.2, 0.25) is 0 Å². The molecule has 7 heteroatoms. The Bertz CT molecular complexity index is 605. The smallest absolute Gasteiger partial charge is 0.311 e. The molecule has 0 aliphatic rings. The third-order valence-corrected chi connectivity index (χ3v) is 4.87. The van der Waals surface area contributed by atoms with Gasteiger partial charge in [0.2, 0.25) is 34.8 Å². The van der Waals surface area contributed by atoms with Crippen molar-refractivity contribution in [2.75, 3.05) is 0 Å². The van der Waals surface area contributed by atoms with Gasteiger partial charge in [-0.25, -0.2) is 13.2 Å². The average Bonchev–Trinajstić information content (AvgIpc) is 2.71. The Morgan fingerprint density at radius 1 is 0.586 bits per heavy atom. The summed E-state index contributed by atoms with van der Waals surface area (Å²) in [6.45, 7) is 2.20. The van der Waals surface area contributed by atoms with Gasteiger partial charge < -0.3 is 4.74 Å². The van der Waals surface area contributed by atoms with E-state index in [4.69, 9.17) is 0 Å². The number of rotatable bonds is 15. The first-order valence-corrected chi connectivity index (χ1v) is 10.6. The molecular weight excluding hydrogens is 391 g/mol. The summed E-state index contributed by atoms with van der Waals surface area (Å²) in [6.07, 6.45) is 14.3. The first-order valence-electron chi connectivity index (χ1n) is 10.6. The molecule has 1 aromatic rings. The van der Waals surface area contributed by atoms with E-state index < -0.39 is 40.8 Å². The third-order valence-electron chi connectivity index (χ3n) is 4.87. The molecule has 0 saturated heterocycles. The second-order valence-electron chi connectivity index (χ2n) is 7.37. The third kappa shape index (κ3) is 9.13. The number of esters is 1. The van der Waals surface area contributed by atoms with Crippen molar-refractivity contribution in [3.05, 3.63) is 29.1 Å². The van der Waals surface area contributed by atoms with Crippen molar-refractivity contribution in [1.29, 1.82) is 0 Å². The molecule has 0 bridgehead atoms. The first kappa shape index (κ1) is 25.4. The molecule has 166 valence electrons. The van der Waals surface area contributed by atoms with Gasteiger partial charge in [0, 0.05) is 6.42 Å². The molecule has 0 amide bonds. The highest BCUT2D eigenvalue weighted by Crippen LogP contribution is 2.29. The molecule has 1 aromatic carbocycles. The Morgan fingerprint density at radius 3 is 1.34 bits per heavy atom. The fourth-order valence-corrected chi connectivity index (χ4v) is 3.13. The van der Waals surface area contributed by atoms with Crippen LogP contribution in [0.4, 0.5) is 22.0 Å². The number of carbonyl (C=O) groups is 1. The predicted molar refractivity (Wildman–Crippen MR) is 102 cm³/mol. The van der Waals surface area contributed by atoms with E-state index in [2.05, 4.69) is 11.7 Å². The number of halogens is 5. The molecule has 0 unspecified atom stereocenters. The normalized spacial score (nSPS) is 11.1. The van der Waals surface area contributed by atoms with Gasteiger partial charge in [-0.2, -0.15) is 8.78 Å². The zero-order valence-electron chi connectivity index (χ0n) is 17.1. The quantitative estimate of drug-likeness (QED) is 0.0721. The molecule has 1 rings (SSSR count). The second-order valence-corrected chi connectivity index (χ2v) is 7.37. The lowest BCUT2D eigenvalue weighted by atomic mass is 10.0. The zero-order chi connectivity index (χ0) is 21.6. The summed E-state index contributed by atoms with van der Waals surface area (Å²) in [5, 5.41) is 0. The average molecular weight is 422 g/mol. The van der Waals surface area contributed by atoms with E-state index in [-0.39, 0.29) is 6.42 Å². The maximum absolute atomic E-state index is 13.5. The molecule has 0 aliphatic heterocycles. The highest BCUT2D eigenvalue weighted by atomic mass is 19.2. The summed E-state index contributed by atoms with van der Waals surface area (Å²) in [7, 11) is 0. The number of ether oxygens (including phenoxy) is 1. The van der Waals surface area contributed by atoms with E-state index in [1.165, 1.54) is 51.4 Å². The molecule has 0 spiro atoms. The van der Waals surface area contributed by atoms with Crippen molar-refractivity contribution < 1.29 is 31.5 Å². The molecule has 0 aromatic heterocycles. The molecule has 0 aliphatic carbocycles. The van der Waals surface area contributed by atoms with E-state index in [1.807, 2.05) is 0 Å². The fraction of sp³-hybridized carbons (Fsp3) is 0.682. The highest BCUT2D eigenvalue weighted by Gasteiger charge is 2.28. The minimum absolute atomic E-state index is 0.142. The van der Waals surface area contributed by atoms with Crippen LogP contribution < -0.4 is 4.74 Å². The molecule has 0 fully saturated rings. The van der Waals surface area contributed by atoms with Crippen LogP contribution in [0.3, 0.4) is 0 Å². The number of hydrogen-bond donors (Lipinski definition) is 0. The van der Waals surface area contributed by atoms with Gasteiger partial charge in [0.15, 0.2) is 0 Å². The molecule has 0 N–H and O–H groups in total. The van der Waals surface area contributed by atoms with Crippen molar-refractivity contribution in [3.63, 3.8) is 0 Å². The van der Waals surface area contributed by atoms with Gasteiger partial charge in [-0.1, -0.05) is 84.0 Å². The standard InChI is InChI=1S/C22H31F5O2/c1-2-3-4-5-6-7-8-9-10-11-12-13-14-15-16(28)29-22-20(26)18(24)17(23)19(25)21(22)27/h2-15H2,1H3. The van der Waals surface area contributed by atoms with Crippen molar-refractivity contribution >= 4 is 5.97 Å². The van der Waals surface area contributed by atoms with E-state index in [9.17, 15) is 26.7 Å². The van der Waals surface area contributed by atoms with Gasteiger partial charge in [-0.05, 0) is 6.42 Å². The molecule has 29 heavy (non-hydrogen) atoms. The molecular formula is C22H31F5O2. The van der Waals surface area contributed by atoms with E-state index in [0.717, 1.165) is 25.7 Å². The maximum atomic E-state index is 13.5. The molecule has 2 nitrogen and oxygen atoms in total. The van der Waals surface area contributed by atoms with Crippen LogP contribution in [0, 0.1) is 29.1 Å². The van der Waals surface area contributed by atoms with Gasteiger partial charge >= 0.3 is 5.97 Å². The Kier molecular flexibility index (Phi) is 12.6. The molecule has 0 atom stereocenters. The van der Waals surface area contributed by atoms with Crippen LogP contribution in [0.5, 0.6) is 5.75 Å². The van der Waals surface area contributed by atoms with Gasteiger partial charge in [0.25, 0.3) is 0 Å². The summed E-state index contributed by atoms with van der Waals surface area (Å²) in [6, 6.07) is 0. The minimum Gasteiger partial charge on any atom is -0.420 e. The zero-order valence-corrected chi connectivity index (χ0v) is 17.1. The minimum atomic E-state index is -2.28. The lowest BCUT2D eigenvalue weighted by molar-refractivity contribution is -0.135. The summed E-state index contributed by atoms with van der Waals surface area (Å²) >= 11 is 0. The topological polar surface area (TPSA) is 26.3 Å². The van der Waals surface area contributed by atoms with Crippen LogP contribution in [0.15, 0.2) is 0 Å². The largest absolute Gasteiger partial charge is 0.420 e. The van der Waals surface area contributed by atoms with Crippen LogP contribution in [0.1, 0.15) is 96.8 Å². The lowest BCUT2D eigenvalue weighted by Crippen LogP contribution is -2.13. The predicted octanol–water partition coefficient (Wildman–Crippen LogP) is 7.77. The van der Waals surface area contributed by atoms with Crippen LogP contribution in [0.25, 0.3) is 0 Å². The number of unbranched alkanes of at least 4 members (excludes halogenated alkanes) is 12. The van der Waals surface area contributed by atoms with Gasteiger partial charge in [0.1, 0.15) is 0 Å². The van der Waals surface area contributed by atoms with Crippen LogP contribution >= 0.6 is 0 Å². The monoisotopic (exact) mass is 422 g/mol. The SMILES string of the molecule is CCCCCCCCCCCCCCCC(=O)Oc1c(F)c(F)c(F)c(F)c1F. The Morgan fingerprint density at radius 2 is 0.931 bits per heavy atom. The fourth-order valence-electron chi connectivity index (χ4n) is 3.13.